The number of carboxylic acids is 1. The van der Waals surface area contributed by atoms with Crippen molar-refractivity contribution in [1.82, 2.24) is 0 Å². The molecule has 0 unspecified atom stereocenters. The Kier molecular flexibility index (Phi) is 4.00. The van der Waals surface area contributed by atoms with E-state index >= 15 is 0 Å². The van der Waals surface area contributed by atoms with E-state index in [-0.39, 0.29) is 6.42 Å². The number of fused-ring (bicyclic) bond motifs is 1. The Morgan fingerprint density at radius 2 is 2.21 bits per heavy atom. The van der Waals surface area contributed by atoms with E-state index in [0.717, 1.165) is 16.7 Å². The molecule has 2 aromatic rings. The minimum absolute atomic E-state index is 0.126. The molecule has 1 aromatic carbocycles. The first kappa shape index (κ1) is 13.7. The van der Waals surface area contributed by atoms with E-state index in [1.165, 1.54) is 0 Å². The summed E-state index contributed by atoms with van der Waals surface area (Å²) in [4.78, 5) is 10.5. The van der Waals surface area contributed by atoms with Crippen molar-refractivity contribution in [2.24, 2.45) is 0 Å². The third-order valence-corrected chi connectivity index (χ3v) is 3.41. The molecule has 0 amide bonds. The molecule has 0 saturated heterocycles. The van der Waals surface area contributed by atoms with E-state index in [9.17, 15) is 4.79 Å². The van der Waals surface area contributed by atoms with Gasteiger partial charge in [0.1, 0.15) is 5.76 Å². The zero-order valence-electron chi connectivity index (χ0n) is 10.8. The van der Waals surface area contributed by atoms with Crippen molar-refractivity contribution in [3.8, 4) is 5.75 Å². The molecule has 0 spiro atoms. The van der Waals surface area contributed by atoms with Gasteiger partial charge in [-0.15, -0.1) is 0 Å². The first-order valence-corrected chi connectivity index (χ1v) is 6.38. The topological polar surface area (TPSA) is 59.7 Å². The number of carbonyl (C=O) groups is 1. The van der Waals surface area contributed by atoms with Crippen LogP contribution >= 0.6 is 11.6 Å². The van der Waals surface area contributed by atoms with E-state index in [1.807, 2.05) is 19.1 Å². The molecule has 2 rings (SSSR count). The summed E-state index contributed by atoms with van der Waals surface area (Å²) in [7, 11) is 1.57. The van der Waals surface area contributed by atoms with Crippen molar-refractivity contribution in [3.63, 3.8) is 0 Å². The molecule has 102 valence electrons. The largest absolute Gasteiger partial charge is 0.493 e. The second-order valence-electron chi connectivity index (χ2n) is 4.40. The van der Waals surface area contributed by atoms with Gasteiger partial charge in [0.2, 0.25) is 0 Å². The highest BCUT2D eigenvalue weighted by molar-refractivity contribution is 6.36. The molecule has 0 saturated carbocycles. The van der Waals surface area contributed by atoms with Gasteiger partial charge in [-0.2, -0.15) is 0 Å². The predicted octanol–water partition coefficient (Wildman–Crippen LogP) is 3.81. The quantitative estimate of drug-likeness (QED) is 0.906. The zero-order chi connectivity index (χ0) is 14.0. The second kappa shape index (κ2) is 5.53. The monoisotopic (exact) mass is 282 g/mol. The van der Waals surface area contributed by atoms with E-state index in [4.69, 9.17) is 25.9 Å². The summed E-state index contributed by atoms with van der Waals surface area (Å²) < 4.78 is 10.9. The summed E-state index contributed by atoms with van der Waals surface area (Å²) in [5.41, 5.74) is 1.51. The maximum Gasteiger partial charge on any atom is 0.303 e. The fourth-order valence-electron chi connectivity index (χ4n) is 2.08. The Morgan fingerprint density at radius 1 is 1.47 bits per heavy atom. The highest BCUT2D eigenvalue weighted by Crippen LogP contribution is 2.37. The molecule has 4 nitrogen and oxygen atoms in total. The van der Waals surface area contributed by atoms with Crippen LogP contribution in [0.2, 0.25) is 5.02 Å². The number of methoxy groups -OCH3 is 1. The summed E-state index contributed by atoms with van der Waals surface area (Å²) in [5, 5.41) is 10.1. The van der Waals surface area contributed by atoms with E-state index in [0.29, 0.717) is 29.2 Å². The lowest BCUT2D eigenvalue weighted by molar-refractivity contribution is -0.137. The number of aryl methyl sites for hydroxylation is 2. The highest BCUT2D eigenvalue weighted by Gasteiger charge is 2.15. The van der Waals surface area contributed by atoms with Gasteiger partial charge in [-0.3, -0.25) is 4.79 Å². The maximum absolute atomic E-state index is 10.5. The first-order valence-electron chi connectivity index (χ1n) is 6.00. The minimum atomic E-state index is -0.802. The van der Waals surface area contributed by atoms with Crippen molar-refractivity contribution in [2.45, 2.75) is 26.2 Å². The van der Waals surface area contributed by atoms with Crippen LogP contribution in [0.1, 0.15) is 24.2 Å². The van der Waals surface area contributed by atoms with Crippen LogP contribution in [0.15, 0.2) is 16.5 Å². The molecular formula is C14H15ClO4. The number of rotatable bonds is 5. The van der Waals surface area contributed by atoms with Crippen molar-refractivity contribution in [1.29, 1.82) is 0 Å². The van der Waals surface area contributed by atoms with Crippen molar-refractivity contribution >= 4 is 28.5 Å². The van der Waals surface area contributed by atoms with Crippen molar-refractivity contribution < 1.29 is 19.1 Å². The standard InChI is InChI=1S/C14H15ClO4/c1-8-6-10-13(15)9(4-3-5-12(16)17)7-11(18-2)14(10)19-8/h6-7H,3-5H2,1-2H3,(H,16,17). The molecule has 0 aliphatic rings. The van der Waals surface area contributed by atoms with Gasteiger partial charge in [0, 0.05) is 11.8 Å². The third kappa shape index (κ3) is 2.84. The smallest absolute Gasteiger partial charge is 0.303 e. The molecule has 1 N–H and O–H groups in total. The van der Waals surface area contributed by atoms with Gasteiger partial charge in [-0.1, -0.05) is 11.6 Å². The Morgan fingerprint density at radius 3 is 2.84 bits per heavy atom. The number of hydrogen-bond acceptors (Lipinski definition) is 3. The molecule has 1 heterocycles. The Labute approximate surface area is 115 Å². The van der Waals surface area contributed by atoms with Gasteiger partial charge < -0.3 is 14.3 Å². The van der Waals surface area contributed by atoms with Crippen LogP contribution in [0.25, 0.3) is 11.0 Å². The SMILES string of the molecule is COc1cc(CCCC(=O)O)c(Cl)c2cc(C)oc12. The number of ether oxygens (including phenoxy) is 1. The highest BCUT2D eigenvalue weighted by atomic mass is 35.5. The lowest BCUT2D eigenvalue weighted by Gasteiger charge is -2.08. The van der Waals surface area contributed by atoms with Gasteiger partial charge in [0.25, 0.3) is 0 Å². The normalized spacial score (nSPS) is 10.9. The van der Waals surface area contributed by atoms with Crippen LogP contribution in [0, 0.1) is 6.92 Å². The molecule has 19 heavy (non-hydrogen) atoms. The number of benzene rings is 1. The van der Waals surface area contributed by atoms with Crippen LogP contribution in [-0.2, 0) is 11.2 Å². The Hall–Kier alpha value is -1.68. The van der Waals surface area contributed by atoms with E-state index in [2.05, 4.69) is 0 Å². The summed E-state index contributed by atoms with van der Waals surface area (Å²) in [6, 6.07) is 3.68. The van der Waals surface area contributed by atoms with Crippen molar-refractivity contribution in [3.05, 3.63) is 28.5 Å². The average Bonchev–Trinajstić information content (AvgIpc) is 2.74. The third-order valence-electron chi connectivity index (χ3n) is 2.96. The van der Waals surface area contributed by atoms with Gasteiger partial charge in [0.05, 0.1) is 12.1 Å². The van der Waals surface area contributed by atoms with Gasteiger partial charge >= 0.3 is 5.97 Å². The average molecular weight is 283 g/mol. The minimum Gasteiger partial charge on any atom is -0.493 e. The van der Waals surface area contributed by atoms with Crippen LogP contribution in [0.5, 0.6) is 5.75 Å². The fourth-order valence-corrected chi connectivity index (χ4v) is 2.37. The van der Waals surface area contributed by atoms with Crippen molar-refractivity contribution in [2.75, 3.05) is 7.11 Å². The Balaban J connectivity index is 2.38. The first-order chi connectivity index (χ1) is 9.02. The molecule has 0 radical (unpaired) electrons. The fraction of sp³-hybridized carbons (Fsp3) is 0.357. The van der Waals surface area contributed by atoms with Crippen LogP contribution < -0.4 is 4.74 Å². The number of aliphatic carboxylic acids is 1. The van der Waals surface area contributed by atoms with Crippen LogP contribution in [0.4, 0.5) is 0 Å². The number of carboxylic acid groups (broad SMARTS) is 1. The maximum atomic E-state index is 10.5. The van der Waals surface area contributed by atoms with Gasteiger partial charge in [0.15, 0.2) is 11.3 Å². The number of halogens is 1. The second-order valence-corrected chi connectivity index (χ2v) is 4.78. The molecule has 0 fully saturated rings. The number of furan rings is 1. The van der Waals surface area contributed by atoms with Gasteiger partial charge in [-0.05, 0) is 37.5 Å². The summed E-state index contributed by atoms with van der Waals surface area (Å²) in [6.45, 7) is 1.85. The molecule has 0 atom stereocenters. The lowest BCUT2D eigenvalue weighted by Crippen LogP contribution is -1.97. The lowest BCUT2D eigenvalue weighted by atomic mass is 10.1. The molecular weight excluding hydrogens is 268 g/mol. The molecule has 0 bridgehead atoms. The predicted molar refractivity (Wildman–Crippen MR) is 73.1 cm³/mol. The Bertz CT molecular complexity index is 615. The summed E-state index contributed by atoms with van der Waals surface area (Å²) in [6.07, 6.45) is 1.27. The van der Waals surface area contributed by atoms with Crippen LogP contribution in [-0.4, -0.2) is 18.2 Å². The zero-order valence-corrected chi connectivity index (χ0v) is 11.6. The summed E-state index contributed by atoms with van der Waals surface area (Å²) >= 11 is 6.34. The number of hydrogen-bond donors (Lipinski definition) is 1. The van der Waals surface area contributed by atoms with Crippen LogP contribution in [0.3, 0.4) is 0 Å². The summed E-state index contributed by atoms with van der Waals surface area (Å²) in [5.74, 6) is 0.582. The molecule has 0 aliphatic carbocycles. The van der Waals surface area contributed by atoms with Gasteiger partial charge in [-0.25, -0.2) is 0 Å². The van der Waals surface area contributed by atoms with E-state index < -0.39 is 5.97 Å². The van der Waals surface area contributed by atoms with E-state index in [1.54, 1.807) is 7.11 Å². The molecule has 1 aromatic heterocycles. The molecule has 0 aliphatic heterocycles. The molecule has 5 heteroatoms.